The van der Waals surface area contributed by atoms with Gasteiger partial charge in [0.25, 0.3) is 0 Å². The maximum absolute atomic E-state index is 9.43. The van der Waals surface area contributed by atoms with Crippen molar-refractivity contribution in [1.29, 1.82) is 0 Å². The Morgan fingerprint density at radius 3 is 1.48 bits per heavy atom. The van der Waals surface area contributed by atoms with E-state index in [2.05, 4.69) is 27.7 Å². The van der Waals surface area contributed by atoms with E-state index < -0.39 is 0 Å². The number of hydrogen-bond donors (Lipinski definition) is 2. The van der Waals surface area contributed by atoms with Crippen LogP contribution in [-0.4, -0.2) is 22.4 Å². The molecule has 0 aliphatic rings. The third kappa shape index (κ3) is 22.3. The highest BCUT2D eigenvalue weighted by atomic mass is 16.3. The molecule has 0 saturated heterocycles. The van der Waals surface area contributed by atoms with Gasteiger partial charge in [0.1, 0.15) is 0 Å². The molecule has 0 bridgehead atoms. The van der Waals surface area contributed by atoms with Crippen molar-refractivity contribution in [3.8, 4) is 0 Å². The van der Waals surface area contributed by atoms with Gasteiger partial charge in [-0.2, -0.15) is 0 Å². The van der Waals surface area contributed by atoms with Crippen LogP contribution in [0.4, 0.5) is 0 Å². The number of aliphatic hydroxyl groups is 2. The molecule has 0 spiro atoms. The molecule has 0 aromatic rings. The Labute approximate surface area is 134 Å². The predicted molar refractivity (Wildman–Crippen MR) is 94.7 cm³/mol. The molecule has 0 amide bonds. The summed E-state index contributed by atoms with van der Waals surface area (Å²) in [5.74, 6) is 0.427. The van der Waals surface area contributed by atoms with Crippen molar-refractivity contribution in [2.75, 3.05) is 0 Å². The number of hydrogen-bond acceptors (Lipinski definition) is 2. The molecule has 2 heteroatoms. The molecule has 0 radical (unpaired) electrons. The van der Waals surface area contributed by atoms with Gasteiger partial charge in [0.15, 0.2) is 0 Å². The molecular weight excluding hydrogens is 260 g/mol. The van der Waals surface area contributed by atoms with Gasteiger partial charge in [0, 0.05) is 0 Å². The average molecular weight is 303 g/mol. The van der Waals surface area contributed by atoms with Crippen LogP contribution in [0.25, 0.3) is 0 Å². The monoisotopic (exact) mass is 302 g/mol. The number of rotatable bonds is 12. The van der Waals surface area contributed by atoms with Gasteiger partial charge < -0.3 is 10.2 Å². The average Bonchev–Trinajstić information content (AvgIpc) is 2.43. The Kier molecular flexibility index (Phi) is 19.8. The van der Waals surface area contributed by atoms with Crippen LogP contribution < -0.4 is 0 Å². The SMILES string of the molecule is CCCCCCC(O)C(C)C.CCCCCCCC(C)O. The van der Waals surface area contributed by atoms with E-state index in [1.54, 1.807) is 0 Å². The van der Waals surface area contributed by atoms with Crippen LogP contribution in [-0.2, 0) is 0 Å². The van der Waals surface area contributed by atoms with Crippen LogP contribution >= 0.6 is 0 Å². The van der Waals surface area contributed by atoms with Gasteiger partial charge in [-0.25, -0.2) is 0 Å². The van der Waals surface area contributed by atoms with Crippen molar-refractivity contribution in [2.45, 2.75) is 117 Å². The fourth-order valence-electron chi connectivity index (χ4n) is 2.16. The van der Waals surface area contributed by atoms with E-state index in [0.717, 1.165) is 12.8 Å². The van der Waals surface area contributed by atoms with E-state index in [0.29, 0.717) is 5.92 Å². The van der Waals surface area contributed by atoms with E-state index in [9.17, 15) is 5.11 Å². The van der Waals surface area contributed by atoms with Gasteiger partial charge in [0.05, 0.1) is 12.2 Å². The third-order valence-corrected chi connectivity index (χ3v) is 3.85. The van der Waals surface area contributed by atoms with E-state index in [1.807, 2.05) is 6.92 Å². The Hall–Kier alpha value is -0.0800. The molecule has 130 valence electrons. The zero-order valence-corrected chi connectivity index (χ0v) is 15.4. The second-order valence-corrected chi connectivity index (χ2v) is 6.71. The molecule has 2 nitrogen and oxygen atoms in total. The zero-order chi connectivity index (χ0) is 16.5. The van der Waals surface area contributed by atoms with Crippen molar-refractivity contribution in [3.05, 3.63) is 0 Å². The first-order valence-corrected chi connectivity index (χ1v) is 9.31. The summed E-state index contributed by atoms with van der Waals surface area (Å²) in [4.78, 5) is 0. The predicted octanol–water partition coefficient (Wildman–Crippen LogP) is 5.70. The van der Waals surface area contributed by atoms with E-state index in [-0.39, 0.29) is 12.2 Å². The second kappa shape index (κ2) is 18.0. The molecule has 0 aromatic heterocycles. The first kappa shape index (κ1) is 23.2. The van der Waals surface area contributed by atoms with Crippen LogP contribution in [0.5, 0.6) is 0 Å². The summed E-state index contributed by atoms with van der Waals surface area (Å²) >= 11 is 0. The topological polar surface area (TPSA) is 40.5 Å². The maximum atomic E-state index is 9.43. The molecule has 21 heavy (non-hydrogen) atoms. The molecular formula is C19H42O2. The molecule has 0 rings (SSSR count). The van der Waals surface area contributed by atoms with Crippen LogP contribution in [0.15, 0.2) is 0 Å². The number of unbranched alkanes of at least 4 members (excludes halogenated alkanes) is 7. The largest absolute Gasteiger partial charge is 0.393 e. The highest BCUT2D eigenvalue weighted by molar-refractivity contribution is 4.59. The lowest BCUT2D eigenvalue weighted by molar-refractivity contribution is 0.113. The second-order valence-electron chi connectivity index (χ2n) is 6.71. The molecule has 0 aromatic carbocycles. The summed E-state index contributed by atoms with van der Waals surface area (Å²) in [6.07, 6.45) is 13.3. The minimum atomic E-state index is -0.0957. The minimum absolute atomic E-state index is 0.0770. The lowest BCUT2D eigenvalue weighted by Crippen LogP contribution is -2.13. The van der Waals surface area contributed by atoms with Crippen LogP contribution in [0.1, 0.15) is 105 Å². The first-order chi connectivity index (χ1) is 9.95. The molecule has 0 aliphatic carbocycles. The molecule has 0 saturated carbocycles. The normalized spacial score (nSPS) is 13.7. The van der Waals surface area contributed by atoms with Crippen molar-refractivity contribution < 1.29 is 10.2 Å². The summed E-state index contributed by atoms with van der Waals surface area (Å²) < 4.78 is 0. The van der Waals surface area contributed by atoms with Gasteiger partial charge >= 0.3 is 0 Å². The zero-order valence-electron chi connectivity index (χ0n) is 15.4. The van der Waals surface area contributed by atoms with Gasteiger partial charge in [-0.3, -0.25) is 0 Å². The minimum Gasteiger partial charge on any atom is -0.393 e. The highest BCUT2D eigenvalue weighted by Crippen LogP contribution is 2.11. The third-order valence-electron chi connectivity index (χ3n) is 3.85. The summed E-state index contributed by atoms with van der Waals surface area (Å²) in [5.41, 5.74) is 0. The summed E-state index contributed by atoms with van der Waals surface area (Å²) in [6.45, 7) is 10.4. The molecule has 0 fully saturated rings. The van der Waals surface area contributed by atoms with Crippen LogP contribution in [0.2, 0.25) is 0 Å². The molecule has 2 N–H and O–H groups in total. The standard InChI is InChI=1S/C10H22O.C9H20O/c1-4-5-6-7-8-10(11)9(2)3;1-3-4-5-6-7-8-9(2)10/h9-11H,4-8H2,1-3H3;9-10H,3-8H2,1-2H3. The van der Waals surface area contributed by atoms with Gasteiger partial charge in [0.2, 0.25) is 0 Å². The summed E-state index contributed by atoms with van der Waals surface area (Å²) in [6, 6.07) is 0. The number of aliphatic hydroxyl groups excluding tert-OH is 2. The van der Waals surface area contributed by atoms with E-state index >= 15 is 0 Å². The first-order valence-electron chi connectivity index (χ1n) is 9.31. The Morgan fingerprint density at radius 1 is 0.619 bits per heavy atom. The molecule has 0 heterocycles. The van der Waals surface area contributed by atoms with E-state index in [1.165, 1.54) is 57.8 Å². The molecule has 2 unspecified atom stereocenters. The lowest BCUT2D eigenvalue weighted by Gasteiger charge is -2.13. The molecule has 2 atom stereocenters. The summed E-state index contributed by atoms with van der Waals surface area (Å²) in [7, 11) is 0. The maximum Gasteiger partial charge on any atom is 0.0563 e. The smallest absolute Gasteiger partial charge is 0.0563 e. The molecule has 0 aliphatic heterocycles. The van der Waals surface area contributed by atoms with Gasteiger partial charge in [-0.15, -0.1) is 0 Å². The highest BCUT2D eigenvalue weighted by Gasteiger charge is 2.07. The quantitative estimate of drug-likeness (QED) is 0.454. The Balaban J connectivity index is 0. The van der Waals surface area contributed by atoms with Crippen LogP contribution in [0, 0.1) is 5.92 Å². The van der Waals surface area contributed by atoms with Gasteiger partial charge in [-0.1, -0.05) is 85.5 Å². The van der Waals surface area contributed by atoms with Crippen molar-refractivity contribution in [1.82, 2.24) is 0 Å². The van der Waals surface area contributed by atoms with Crippen molar-refractivity contribution in [3.63, 3.8) is 0 Å². The lowest BCUT2D eigenvalue weighted by atomic mass is 10.0. The summed E-state index contributed by atoms with van der Waals surface area (Å²) in [5, 5.41) is 18.3. The fourth-order valence-corrected chi connectivity index (χ4v) is 2.16. The Bertz CT molecular complexity index is 178. The van der Waals surface area contributed by atoms with Crippen molar-refractivity contribution >= 4 is 0 Å². The van der Waals surface area contributed by atoms with E-state index in [4.69, 9.17) is 5.11 Å². The Morgan fingerprint density at radius 2 is 1.05 bits per heavy atom. The van der Waals surface area contributed by atoms with Crippen molar-refractivity contribution in [2.24, 2.45) is 5.92 Å². The fraction of sp³-hybridized carbons (Fsp3) is 1.00. The van der Waals surface area contributed by atoms with Crippen LogP contribution in [0.3, 0.4) is 0 Å². The van der Waals surface area contributed by atoms with Gasteiger partial charge in [-0.05, 0) is 25.7 Å².